The highest BCUT2D eigenvalue weighted by Gasteiger charge is 2.11. The molecule has 4 rings (SSSR count). The van der Waals surface area contributed by atoms with Crippen molar-refractivity contribution in [3.63, 3.8) is 0 Å². The molecule has 0 atom stereocenters. The minimum atomic E-state index is -0.493. The van der Waals surface area contributed by atoms with Gasteiger partial charge in [-0.15, -0.1) is 0 Å². The van der Waals surface area contributed by atoms with Crippen LogP contribution in [-0.4, -0.2) is 20.9 Å². The van der Waals surface area contributed by atoms with Crippen LogP contribution in [0.1, 0.15) is 16.7 Å². The van der Waals surface area contributed by atoms with Crippen LogP contribution in [0, 0.1) is 24.0 Å². The van der Waals surface area contributed by atoms with E-state index in [4.69, 9.17) is 16.6 Å². The molecular formula is C25H20N4O4S. The van der Waals surface area contributed by atoms with Gasteiger partial charge in [-0.1, -0.05) is 18.2 Å². The molecule has 3 aromatic carbocycles. The van der Waals surface area contributed by atoms with Crippen LogP contribution in [0.15, 0.2) is 71.2 Å². The summed E-state index contributed by atoms with van der Waals surface area (Å²) in [4.78, 5) is 27.1. The zero-order valence-electron chi connectivity index (χ0n) is 18.4. The second-order valence-electron chi connectivity index (χ2n) is 7.63. The molecule has 1 aromatic heterocycles. The molecule has 0 spiro atoms. The summed E-state index contributed by atoms with van der Waals surface area (Å²) in [5, 5.41) is 16.5. The van der Waals surface area contributed by atoms with Gasteiger partial charge in [-0.25, -0.2) is 4.98 Å². The maximum Gasteiger partial charge on any atom is 0.270 e. The maximum atomic E-state index is 12.2. The number of thiocarbonyl (C=S) groups is 1. The molecule has 9 heteroatoms. The van der Waals surface area contributed by atoms with Crippen molar-refractivity contribution < 1.29 is 14.1 Å². The number of carbonyl (C=O) groups excluding carboxylic acids is 1. The molecule has 1 heterocycles. The summed E-state index contributed by atoms with van der Waals surface area (Å²) in [5.74, 6) is 0.0564. The van der Waals surface area contributed by atoms with Gasteiger partial charge in [0.25, 0.3) is 5.69 Å². The summed E-state index contributed by atoms with van der Waals surface area (Å²) in [6.07, 6.45) is 2.73. The summed E-state index contributed by atoms with van der Waals surface area (Å²) in [5.41, 5.74) is 5.64. The van der Waals surface area contributed by atoms with Gasteiger partial charge in [0, 0.05) is 29.5 Å². The minimum absolute atomic E-state index is 0.0522. The first-order valence-corrected chi connectivity index (χ1v) is 10.7. The smallest absolute Gasteiger partial charge is 0.270 e. The van der Waals surface area contributed by atoms with Gasteiger partial charge >= 0.3 is 0 Å². The number of nitro benzene ring substituents is 1. The Balaban J connectivity index is 1.41. The number of oxazole rings is 1. The summed E-state index contributed by atoms with van der Waals surface area (Å²) in [6.45, 7) is 4.09. The average molecular weight is 473 g/mol. The molecule has 170 valence electrons. The number of nitrogens with one attached hydrogen (secondary N) is 2. The number of hydrogen-bond acceptors (Lipinski definition) is 6. The van der Waals surface area contributed by atoms with Crippen LogP contribution in [0.3, 0.4) is 0 Å². The molecule has 0 aliphatic heterocycles. The first-order valence-electron chi connectivity index (χ1n) is 10.3. The molecule has 0 aliphatic rings. The number of anilines is 1. The number of nitro groups is 1. The Bertz CT molecular complexity index is 1460. The minimum Gasteiger partial charge on any atom is -0.436 e. The fourth-order valence-electron chi connectivity index (χ4n) is 3.23. The Morgan fingerprint density at radius 1 is 1.09 bits per heavy atom. The quantitative estimate of drug-likeness (QED) is 0.170. The number of non-ortho nitro benzene ring substituents is 1. The van der Waals surface area contributed by atoms with Gasteiger partial charge in [-0.3, -0.25) is 20.2 Å². The number of fused-ring (bicyclic) bond motifs is 1. The SMILES string of the molecule is Cc1ccc(-c2nc3cc(NC(=S)NC(=O)/C=C/c4cccc([N+](=O)[O-])c4)ccc3o2)cc1C. The predicted octanol–water partition coefficient (Wildman–Crippen LogP) is 5.55. The Kier molecular flexibility index (Phi) is 6.46. The highest BCUT2D eigenvalue weighted by Crippen LogP contribution is 2.27. The van der Waals surface area contributed by atoms with Crippen LogP contribution in [0.4, 0.5) is 11.4 Å². The van der Waals surface area contributed by atoms with Crippen molar-refractivity contribution in [2.45, 2.75) is 13.8 Å². The third kappa shape index (κ3) is 5.33. The number of amides is 1. The maximum absolute atomic E-state index is 12.2. The normalized spacial score (nSPS) is 11.0. The van der Waals surface area contributed by atoms with Crippen LogP contribution < -0.4 is 10.6 Å². The second kappa shape index (κ2) is 9.63. The molecule has 0 saturated heterocycles. The van der Waals surface area contributed by atoms with Gasteiger partial charge < -0.3 is 9.73 Å². The number of carbonyl (C=O) groups is 1. The van der Waals surface area contributed by atoms with E-state index in [1.54, 1.807) is 30.3 Å². The van der Waals surface area contributed by atoms with E-state index < -0.39 is 10.8 Å². The fourth-order valence-corrected chi connectivity index (χ4v) is 3.45. The molecule has 0 bridgehead atoms. The summed E-state index contributed by atoms with van der Waals surface area (Å²) in [7, 11) is 0. The van der Waals surface area contributed by atoms with Crippen molar-refractivity contribution in [1.29, 1.82) is 0 Å². The molecule has 0 saturated carbocycles. The van der Waals surface area contributed by atoms with Crippen LogP contribution in [0.5, 0.6) is 0 Å². The zero-order valence-corrected chi connectivity index (χ0v) is 19.2. The third-order valence-electron chi connectivity index (χ3n) is 5.14. The highest BCUT2D eigenvalue weighted by atomic mass is 32.1. The van der Waals surface area contributed by atoms with Crippen LogP contribution >= 0.6 is 12.2 Å². The van der Waals surface area contributed by atoms with Gasteiger partial charge in [-0.2, -0.15) is 0 Å². The van der Waals surface area contributed by atoms with E-state index in [9.17, 15) is 14.9 Å². The molecule has 1 amide bonds. The van der Waals surface area contributed by atoms with Crippen LogP contribution in [-0.2, 0) is 4.79 Å². The molecule has 0 aliphatic carbocycles. The van der Waals surface area contributed by atoms with Gasteiger partial charge in [0.1, 0.15) is 5.52 Å². The number of benzene rings is 3. The number of hydrogen-bond donors (Lipinski definition) is 2. The number of nitrogens with zero attached hydrogens (tertiary/aromatic N) is 2. The topological polar surface area (TPSA) is 110 Å². The highest BCUT2D eigenvalue weighted by molar-refractivity contribution is 7.80. The van der Waals surface area contributed by atoms with E-state index in [0.717, 1.165) is 11.1 Å². The predicted molar refractivity (Wildman–Crippen MR) is 135 cm³/mol. The standard InChI is InChI=1S/C25H20N4O4S/c1-15-6-8-18(12-16(15)2)24-27-21-14-19(9-10-22(21)33-24)26-25(34)28-23(30)11-7-17-4-3-5-20(13-17)29(31)32/h3-14H,1-2H3,(H2,26,28,30,34)/b11-7+. The monoisotopic (exact) mass is 472 g/mol. The molecule has 8 nitrogen and oxygen atoms in total. The van der Waals surface area contributed by atoms with Crippen LogP contribution in [0.25, 0.3) is 28.6 Å². The molecule has 34 heavy (non-hydrogen) atoms. The number of rotatable bonds is 5. The van der Waals surface area contributed by atoms with Gasteiger partial charge in [0.15, 0.2) is 10.7 Å². The summed E-state index contributed by atoms with van der Waals surface area (Å²) in [6, 6.07) is 17.3. The first kappa shape index (κ1) is 22.8. The second-order valence-corrected chi connectivity index (χ2v) is 8.04. The van der Waals surface area contributed by atoms with E-state index in [-0.39, 0.29) is 10.8 Å². The Labute approximate surface area is 200 Å². The lowest BCUT2D eigenvalue weighted by Crippen LogP contribution is -2.32. The molecule has 2 N–H and O–H groups in total. The van der Waals surface area contributed by atoms with E-state index in [1.807, 2.05) is 32.0 Å². The van der Waals surface area contributed by atoms with E-state index in [0.29, 0.717) is 28.2 Å². The third-order valence-corrected chi connectivity index (χ3v) is 5.35. The van der Waals surface area contributed by atoms with Gasteiger partial charge in [0.05, 0.1) is 4.92 Å². The lowest BCUT2D eigenvalue weighted by atomic mass is 10.1. The largest absolute Gasteiger partial charge is 0.436 e. The van der Waals surface area contributed by atoms with Crippen molar-refractivity contribution in [2.75, 3.05) is 5.32 Å². The number of aromatic nitrogens is 1. The zero-order chi connectivity index (χ0) is 24.2. The molecule has 0 unspecified atom stereocenters. The van der Waals surface area contributed by atoms with Crippen LogP contribution in [0.2, 0.25) is 0 Å². The van der Waals surface area contributed by atoms with Gasteiger partial charge in [0.2, 0.25) is 11.8 Å². The van der Waals surface area contributed by atoms with Gasteiger partial charge in [-0.05, 0) is 79.2 Å². The lowest BCUT2D eigenvalue weighted by molar-refractivity contribution is -0.384. The average Bonchev–Trinajstić information content (AvgIpc) is 3.23. The summed E-state index contributed by atoms with van der Waals surface area (Å²) < 4.78 is 5.88. The Morgan fingerprint density at radius 3 is 2.68 bits per heavy atom. The summed E-state index contributed by atoms with van der Waals surface area (Å²) >= 11 is 5.22. The van der Waals surface area contributed by atoms with E-state index in [1.165, 1.54) is 29.8 Å². The van der Waals surface area contributed by atoms with Crippen molar-refractivity contribution >= 4 is 51.8 Å². The first-order chi connectivity index (χ1) is 16.3. The van der Waals surface area contributed by atoms with Crippen molar-refractivity contribution in [3.05, 3.63) is 93.5 Å². The van der Waals surface area contributed by atoms with E-state index in [2.05, 4.69) is 15.6 Å². The molecule has 0 radical (unpaired) electrons. The lowest BCUT2D eigenvalue weighted by Gasteiger charge is -2.07. The molecule has 0 fully saturated rings. The van der Waals surface area contributed by atoms with Crippen molar-refractivity contribution in [3.8, 4) is 11.5 Å². The van der Waals surface area contributed by atoms with E-state index >= 15 is 0 Å². The van der Waals surface area contributed by atoms with Crippen molar-refractivity contribution in [1.82, 2.24) is 10.3 Å². The molecule has 4 aromatic rings. The molecular weight excluding hydrogens is 452 g/mol. The fraction of sp³-hybridized carbons (Fsp3) is 0.0800. The number of aryl methyl sites for hydroxylation is 2. The van der Waals surface area contributed by atoms with Crippen molar-refractivity contribution in [2.24, 2.45) is 0 Å². The Hall–Kier alpha value is -4.37. The Morgan fingerprint density at radius 2 is 1.91 bits per heavy atom.